The van der Waals surface area contributed by atoms with E-state index < -0.39 is 7.14 Å². The Labute approximate surface area is 186 Å². The summed E-state index contributed by atoms with van der Waals surface area (Å²) in [7, 11) is -3.23. The Kier molecular flexibility index (Phi) is 5.08. The lowest BCUT2D eigenvalue weighted by atomic mass is 10.1. The number of fused-ring (bicyclic) bond motifs is 1. The van der Waals surface area contributed by atoms with Crippen LogP contribution in [0.4, 0.5) is 0 Å². The minimum atomic E-state index is -3.23. The lowest BCUT2D eigenvalue weighted by Gasteiger charge is -2.24. The zero-order valence-electron chi connectivity index (χ0n) is 17.2. The normalized spacial score (nSPS) is 13.3. The molecule has 0 aromatic heterocycles. The molecule has 0 aliphatic carbocycles. The highest BCUT2D eigenvalue weighted by Gasteiger charge is 2.37. The van der Waals surface area contributed by atoms with Crippen LogP contribution in [0.2, 0.25) is 0 Å². The van der Waals surface area contributed by atoms with Crippen LogP contribution in [0.25, 0.3) is 0 Å². The van der Waals surface area contributed by atoms with Crippen LogP contribution < -0.4 is 15.9 Å². The van der Waals surface area contributed by atoms with Gasteiger partial charge in [-0.2, -0.15) is 0 Å². The van der Waals surface area contributed by atoms with Crippen LogP contribution in [0.3, 0.4) is 0 Å². The molecule has 4 nitrogen and oxygen atoms in total. The third kappa shape index (κ3) is 3.21. The van der Waals surface area contributed by atoms with E-state index in [2.05, 4.69) is 0 Å². The van der Waals surface area contributed by atoms with Gasteiger partial charge >= 0.3 is 0 Å². The molecule has 5 heteroatoms. The molecule has 0 spiro atoms. The average Bonchev–Trinajstić information content (AvgIpc) is 3.10. The van der Waals surface area contributed by atoms with Crippen LogP contribution in [-0.4, -0.2) is 16.7 Å². The summed E-state index contributed by atoms with van der Waals surface area (Å²) in [6.45, 7) is 0.0617. The molecular weight excluding hydrogens is 417 g/mol. The van der Waals surface area contributed by atoms with Gasteiger partial charge in [0.1, 0.15) is 0 Å². The maximum Gasteiger partial charge on any atom is 0.261 e. The van der Waals surface area contributed by atoms with Gasteiger partial charge in [-0.25, -0.2) is 0 Å². The number of carbonyl (C=O) groups is 2. The van der Waals surface area contributed by atoms with Crippen molar-refractivity contribution in [3.63, 3.8) is 0 Å². The number of hydrogen-bond acceptors (Lipinski definition) is 3. The van der Waals surface area contributed by atoms with E-state index in [4.69, 9.17) is 0 Å². The molecule has 5 rings (SSSR count). The first-order valence-corrected chi connectivity index (χ1v) is 12.1. The summed E-state index contributed by atoms with van der Waals surface area (Å²) in [4.78, 5) is 27.1. The molecule has 1 aliphatic rings. The van der Waals surface area contributed by atoms with E-state index in [0.717, 1.165) is 0 Å². The topological polar surface area (TPSA) is 54.5 Å². The molecule has 32 heavy (non-hydrogen) atoms. The highest BCUT2D eigenvalue weighted by molar-refractivity contribution is 7.85. The summed E-state index contributed by atoms with van der Waals surface area (Å²) in [5, 5.41) is 2.05. The molecule has 0 bridgehead atoms. The summed E-state index contributed by atoms with van der Waals surface area (Å²) in [6, 6.07) is 33.0. The van der Waals surface area contributed by atoms with Gasteiger partial charge in [-0.15, -0.1) is 0 Å². The van der Waals surface area contributed by atoms with E-state index in [9.17, 15) is 14.2 Å². The zero-order chi connectivity index (χ0) is 22.1. The summed E-state index contributed by atoms with van der Waals surface area (Å²) >= 11 is 0. The van der Waals surface area contributed by atoms with Gasteiger partial charge in [0.25, 0.3) is 11.8 Å². The quantitative estimate of drug-likeness (QED) is 0.349. The Morgan fingerprint density at radius 2 is 1.00 bits per heavy atom. The van der Waals surface area contributed by atoms with Crippen LogP contribution in [-0.2, 0) is 11.1 Å². The predicted molar refractivity (Wildman–Crippen MR) is 126 cm³/mol. The second-order valence-electron chi connectivity index (χ2n) is 7.65. The van der Waals surface area contributed by atoms with Gasteiger partial charge in [-0.05, 0) is 17.7 Å². The molecule has 0 saturated heterocycles. The molecule has 2 amide bonds. The number of benzene rings is 4. The van der Waals surface area contributed by atoms with E-state index >= 15 is 0 Å². The summed E-state index contributed by atoms with van der Waals surface area (Å²) in [6.07, 6.45) is 0. The summed E-state index contributed by atoms with van der Waals surface area (Å²) < 4.78 is 14.8. The van der Waals surface area contributed by atoms with Crippen molar-refractivity contribution in [3.8, 4) is 0 Å². The highest BCUT2D eigenvalue weighted by atomic mass is 31.2. The summed E-state index contributed by atoms with van der Waals surface area (Å²) in [5.74, 6) is -0.649. The minimum Gasteiger partial charge on any atom is -0.309 e. The van der Waals surface area contributed by atoms with Crippen molar-refractivity contribution in [2.75, 3.05) is 0 Å². The molecule has 0 unspecified atom stereocenters. The maximum atomic E-state index is 14.8. The lowest BCUT2D eigenvalue weighted by Crippen LogP contribution is -2.33. The van der Waals surface area contributed by atoms with E-state index in [0.29, 0.717) is 32.6 Å². The molecular formula is C27H20NO3P. The van der Waals surface area contributed by atoms with Crippen molar-refractivity contribution in [1.29, 1.82) is 0 Å². The molecule has 1 heterocycles. The SMILES string of the molecule is O=C1c2ccccc2C(=O)N1Cc1ccccc1P(=O)(c1ccccc1)c1ccccc1. The Hall–Kier alpha value is -3.75. The van der Waals surface area contributed by atoms with Crippen LogP contribution in [0.15, 0.2) is 109 Å². The average molecular weight is 437 g/mol. The largest absolute Gasteiger partial charge is 0.309 e. The fourth-order valence-electron chi connectivity index (χ4n) is 4.21. The van der Waals surface area contributed by atoms with Crippen molar-refractivity contribution >= 4 is 34.9 Å². The zero-order valence-corrected chi connectivity index (χ0v) is 18.1. The Bertz CT molecular complexity index is 1290. The number of hydrogen-bond donors (Lipinski definition) is 0. The molecule has 0 atom stereocenters. The first-order valence-electron chi connectivity index (χ1n) is 10.4. The van der Waals surface area contributed by atoms with Gasteiger partial charge in [0, 0.05) is 15.9 Å². The van der Waals surface area contributed by atoms with Crippen molar-refractivity contribution in [3.05, 3.63) is 126 Å². The fraction of sp³-hybridized carbons (Fsp3) is 0.0370. The molecule has 156 valence electrons. The molecule has 0 fully saturated rings. The van der Waals surface area contributed by atoms with Crippen molar-refractivity contribution in [2.45, 2.75) is 6.54 Å². The monoisotopic (exact) mass is 437 g/mol. The maximum absolute atomic E-state index is 14.8. The molecule has 1 aliphatic heterocycles. The van der Waals surface area contributed by atoms with Crippen molar-refractivity contribution in [1.82, 2.24) is 4.90 Å². The van der Waals surface area contributed by atoms with Crippen LogP contribution in [0.1, 0.15) is 26.3 Å². The predicted octanol–water partition coefficient (Wildman–Crippen LogP) is 4.12. The number of carbonyl (C=O) groups excluding carboxylic acids is 2. The molecule has 0 radical (unpaired) electrons. The van der Waals surface area contributed by atoms with Crippen molar-refractivity contribution < 1.29 is 14.2 Å². The second kappa shape index (κ2) is 8.07. The highest BCUT2D eigenvalue weighted by Crippen LogP contribution is 2.43. The number of nitrogens with zero attached hydrogens (tertiary/aromatic N) is 1. The van der Waals surface area contributed by atoms with E-state index in [1.54, 1.807) is 24.3 Å². The molecule has 0 saturated carbocycles. The van der Waals surface area contributed by atoms with Gasteiger partial charge in [-0.1, -0.05) is 97.1 Å². The van der Waals surface area contributed by atoms with Crippen LogP contribution in [0.5, 0.6) is 0 Å². The van der Waals surface area contributed by atoms with E-state index in [1.165, 1.54) is 4.90 Å². The van der Waals surface area contributed by atoms with Crippen LogP contribution >= 0.6 is 7.14 Å². The number of amides is 2. The van der Waals surface area contributed by atoms with Crippen molar-refractivity contribution in [2.24, 2.45) is 0 Å². The van der Waals surface area contributed by atoms with Gasteiger partial charge in [-0.3, -0.25) is 14.5 Å². The molecule has 0 N–H and O–H groups in total. The van der Waals surface area contributed by atoms with E-state index in [1.807, 2.05) is 84.9 Å². The lowest BCUT2D eigenvalue weighted by molar-refractivity contribution is 0.0642. The fourth-order valence-corrected chi connectivity index (χ4v) is 7.09. The van der Waals surface area contributed by atoms with E-state index in [-0.39, 0.29) is 18.4 Å². The number of imide groups is 1. The Morgan fingerprint density at radius 3 is 1.53 bits per heavy atom. The third-order valence-electron chi connectivity index (χ3n) is 5.78. The van der Waals surface area contributed by atoms with Crippen LogP contribution in [0, 0.1) is 0 Å². The number of rotatable bonds is 5. The minimum absolute atomic E-state index is 0.0617. The molecule has 4 aromatic carbocycles. The molecule has 4 aromatic rings. The van der Waals surface area contributed by atoms with Gasteiger partial charge in [0.15, 0.2) is 7.14 Å². The third-order valence-corrected chi connectivity index (χ3v) is 8.94. The Morgan fingerprint density at radius 1 is 0.562 bits per heavy atom. The first-order chi connectivity index (χ1) is 15.6. The van der Waals surface area contributed by atoms with Gasteiger partial charge < -0.3 is 4.57 Å². The standard InChI is InChI=1S/C27H20NO3P/c29-26-23-16-8-9-17-24(23)27(30)28(26)19-20-11-7-10-18-25(20)32(31,21-12-3-1-4-13-21)22-14-5-2-6-15-22/h1-18H,19H2. The first kappa shape index (κ1) is 20.2. The second-order valence-corrected chi connectivity index (χ2v) is 10.4. The van der Waals surface area contributed by atoms with Gasteiger partial charge in [0.2, 0.25) is 0 Å². The smallest absolute Gasteiger partial charge is 0.261 e. The Balaban J connectivity index is 1.64. The summed E-state index contributed by atoms with van der Waals surface area (Å²) in [5.41, 5.74) is 1.51. The van der Waals surface area contributed by atoms with Gasteiger partial charge in [0.05, 0.1) is 17.7 Å².